The van der Waals surface area contributed by atoms with Crippen molar-refractivity contribution in [3.63, 3.8) is 0 Å². The van der Waals surface area contributed by atoms with Crippen LogP contribution in [0.15, 0.2) is 182 Å². The van der Waals surface area contributed by atoms with E-state index in [1.54, 1.807) is 0 Å². The number of hydrogen-bond donors (Lipinski definition) is 0. The molecule has 9 aromatic carbocycles. The van der Waals surface area contributed by atoms with Gasteiger partial charge in [0.15, 0.2) is 0 Å². The van der Waals surface area contributed by atoms with Crippen molar-refractivity contribution < 1.29 is 0 Å². The van der Waals surface area contributed by atoms with Gasteiger partial charge in [0.05, 0.1) is 38.8 Å². The molecule has 0 radical (unpaired) electrons. The molecule has 4 nitrogen and oxygen atoms in total. The van der Waals surface area contributed by atoms with Crippen LogP contribution >= 0.6 is 11.3 Å². The Bertz CT molecular complexity index is 4080. The molecule has 272 valence electrons. The van der Waals surface area contributed by atoms with Crippen LogP contribution in [0.3, 0.4) is 0 Å². The minimum atomic E-state index is 0.670. The summed E-state index contributed by atoms with van der Waals surface area (Å²) in [5.41, 5.74) is 11.3. The summed E-state index contributed by atoms with van der Waals surface area (Å²) in [5, 5.41) is 13.8. The van der Waals surface area contributed by atoms with Crippen LogP contribution in [-0.2, 0) is 0 Å². The number of hydrogen-bond acceptors (Lipinski definition) is 3. The largest absolute Gasteiger partial charge is 0.308 e. The van der Waals surface area contributed by atoms with E-state index >= 15 is 0 Å². The Morgan fingerprint density at radius 3 is 1.90 bits per heavy atom. The summed E-state index contributed by atoms with van der Waals surface area (Å²) in [6, 6.07) is 66.3. The molecule has 0 N–H and O–H groups in total. The highest BCUT2D eigenvalue weighted by atomic mass is 32.1. The van der Waals surface area contributed by atoms with E-state index < -0.39 is 0 Å². The topological polar surface area (TPSA) is 35.1 Å². The van der Waals surface area contributed by atoms with Gasteiger partial charge < -0.3 is 4.40 Å². The first-order chi connectivity index (χ1) is 29.2. The van der Waals surface area contributed by atoms with Crippen molar-refractivity contribution in [3.05, 3.63) is 182 Å². The Morgan fingerprint density at radius 2 is 1.03 bits per heavy atom. The van der Waals surface area contributed by atoms with Crippen LogP contribution < -0.4 is 0 Å². The quantitative estimate of drug-likeness (QED) is 0.179. The molecule has 0 saturated carbocycles. The lowest BCUT2D eigenvalue weighted by Crippen LogP contribution is -2.03. The van der Waals surface area contributed by atoms with E-state index in [0.717, 1.165) is 33.2 Å². The Hall–Kier alpha value is -7.60. The molecule has 0 spiro atoms. The van der Waals surface area contributed by atoms with Crippen LogP contribution in [0.5, 0.6) is 0 Å². The zero-order valence-corrected chi connectivity index (χ0v) is 32.3. The summed E-state index contributed by atoms with van der Waals surface area (Å²) >= 11 is 1.90. The zero-order chi connectivity index (χ0) is 38.3. The van der Waals surface area contributed by atoms with Gasteiger partial charge in [0.2, 0.25) is 5.95 Å². The normalized spacial score (nSPS) is 12.4. The fraction of sp³-hybridized carbons (Fsp3) is 0. The molecule has 0 aliphatic rings. The lowest BCUT2D eigenvalue weighted by atomic mass is 9.99. The van der Waals surface area contributed by atoms with Crippen LogP contribution in [0.25, 0.3) is 130 Å². The Morgan fingerprint density at radius 1 is 0.373 bits per heavy atom. The van der Waals surface area contributed by atoms with Gasteiger partial charge in [-0.1, -0.05) is 127 Å². The highest BCUT2D eigenvalue weighted by Gasteiger charge is 2.21. The molecule has 0 fully saturated rings. The maximum absolute atomic E-state index is 5.27. The zero-order valence-electron chi connectivity index (χ0n) is 31.5. The molecular weight excluding hydrogens is 737 g/mol. The Balaban J connectivity index is 0.948. The molecule has 5 heterocycles. The second-order valence-corrected chi connectivity index (χ2v) is 16.8. The van der Waals surface area contributed by atoms with Crippen molar-refractivity contribution in [2.24, 2.45) is 0 Å². The van der Waals surface area contributed by atoms with Crippen molar-refractivity contribution in [1.82, 2.24) is 18.9 Å². The highest BCUT2D eigenvalue weighted by Crippen LogP contribution is 2.45. The number of para-hydroxylation sites is 4. The third-order valence-electron chi connectivity index (χ3n) is 12.6. The highest BCUT2D eigenvalue weighted by molar-refractivity contribution is 7.26. The van der Waals surface area contributed by atoms with Crippen LogP contribution in [-0.4, -0.2) is 18.9 Å². The molecule has 59 heavy (non-hydrogen) atoms. The molecule has 0 unspecified atom stereocenters. The Kier molecular flexibility index (Phi) is 6.14. The van der Waals surface area contributed by atoms with E-state index in [0.29, 0.717) is 5.95 Å². The van der Waals surface area contributed by atoms with Gasteiger partial charge in [0, 0.05) is 68.8 Å². The van der Waals surface area contributed by atoms with Crippen molar-refractivity contribution in [2.45, 2.75) is 0 Å². The average Bonchev–Trinajstić information content (AvgIpc) is 4.04. The number of nitrogens with zero attached hydrogens (tertiary/aromatic N) is 4. The molecule has 0 saturated heterocycles. The van der Waals surface area contributed by atoms with Gasteiger partial charge in [-0.2, -0.15) is 0 Å². The van der Waals surface area contributed by atoms with Crippen LogP contribution in [0.1, 0.15) is 0 Å². The second kappa shape index (κ2) is 11.5. The molecule has 0 amide bonds. The summed E-state index contributed by atoms with van der Waals surface area (Å²) in [4.78, 5) is 10.4. The molecule has 14 aromatic rings. The lowest BCUT2D eigenvalue weighted by Gasteiger charge is -2.12. The number of aromatic nitrogens is 4. The fourth-order valence-electron chi connectivity index (χ4n) is 10.0. The number of rotatable bonds is 3. The van der Waals surface area contributed by atoms with E-state index in [-0.39, 0.29) is 0 Å². The van der Waals surface area contributed by atoms with Gasteiger partial charge >= 0.3 is 0 Å². The van der Waals surface area contributed by atoms with E-state index in [1.807, 2.05) is 23.5 Å². The number of thiophene rings is 1. The van der Waals surface area contributed by atoms with Gasteiger partial charge in [0.25, 0.3) is 0 Å². The standard InChI is InChI=1S/C54H30N4S/c1-2-11-31(12-3-1)51-40-15-4-7-18-45(40)55-54(56-51)58-47-20-9-6-14-36(47)42-27-32(22-25-48(42)58)33-23-26-50-44(28-33)39-24-21-34-29-43-38-17-10-16-37-35-13-5-8-19-46(35)57(52(37)38)49(43)30-41(34)53(39)59-50/h1-30H. The van der Waals surface area contributed by atoms with Gasteiger partial charge in [-0.15, -0.1) is 11.3 Å². The molecule has 0 atom stereocenters. The van der Waals surface area contributed by atoms with Crippen LogP contribution in [0.2, 0.25) is 0 Å². The molecule has 14 rings (SSSR count). The van der Waals surface area contributed by atoms with Crippen molar-refractivity contribution in [1.29, 1.82) is 0 Å². The summed E-state index contributed by atoms with van der Waals surface area (Å²) < 4.78 is 7.35. The van der Waals surface area contributed by atoms with E-state index in [2.05, 4.69) is 179 Å². The monoisotopic (exact) mass is 766 g/mol. The maximum atomic E-state index is 5.27. The summed E-state index contributed by atoms with van der Waals surface area (Å²) in [7, 11) is 0. The Labute approximate surface area is 340 Å². The van der Waals surface area contributed by atoms with Crippen LogP contribution in [0, 0.1) is 0 Å². The lowest BCUT2D eigenvalue weighted by molar-refractivity contribution is 1.01. The smallest absolute Gasteiger partial charge is 0.235 e. The predicted molar refractivity (Wildman–Crippen MR) is 250 cm³/mol. The van der Waals surface area contributed by atoms with Gasteiger partial charge in [-0.25, -0.2) is 9.97 Å². The molecule has 0 aliphatic carbocycles. The van der Waals surface area contributed by atoms with E-state index in [1.165, 1.54) is 90.9 Å². The number of benzene rings is 9. The van der Waals surface area contributed by atoms with Crippen LogP contribution in [0.4, 0.5) is 0 Å². The fourth-order valence-corrected chi connectivity index (χ4v) is 11.2. The molecule has 5 heteroatoms. The average molecular weight is 767 g/mol. The third kappa shape index (κ3) is 4.26. The SMILES string of the molecule is c1ccc(-c2nc(-n3c4ccccc4c4cc(-c5ccc6sc7c8cc9c(cc8ccc7c6c5)c5cccc6c7ccccc7n9c65)ccc43)nc3ccccc23)cc1. The molecule has 0 aliphatic heterocycles. The third-order valence-corrected chi connectivity index (χ3v) is 13.9. The minimum Gasteiger partial charge on any atom is -0.308 e. The summed E-state index contributed by atoms with van der Waals surface area (Å²) in [6.07, 6.45) is 0. The summed E-state index contributed by atoms with van der Waals surface area (Å²) in [6.45, 7) is 0. The molecule has 0 bridgehead atoms. The molecule has 5 aromatic heterocycles. The molecular formula is C54H30N4S. The number of fused-ring (bicyclic) bond motifs is 15. The maximum Gasteiger partial charge on any atom is 0.235 e. The van der Waals surface area contributed by atoms with Gasteiger partial charge in [0.1, 0.15) is 0 Å². The second-order valence-electron chi connectivity index (χ2n) is 15.7. The first-order valence-electron chi connectivity index (χ1n) is 20.1. The first-order valence-corrected chi connectivity index (χ1v) is 20.9. The van der Waals surface area contributed by atoms with E-state index in [4.69, 9.17) is 9.97 Å². The minimum absolute atomic E-state index is 0.670. The van der Waals surface area contributed by atoms with Crippen molar-refractivity contribution in [2.75, 3.05) is 0 Å². The van der Waals surface area contributed by atoms with Gasteiger partial charge in [-0.05, 0) is 71.1 Å². The predicted octanol–water partition coefficient (Wildman–Crippen LogP) is 14.7. The van der Waals surface area contributed by atoms with Crippen molar-refractivity contribution in [3.8, 4) is 28.3 Å². The van der Waals surface area contributed by atoms with Crippen molar-refractivity contribution >= 4 is 113 Å². The van der Waals surface area contributed by atoms with Gasteiger partial charge in [-0.3, -0.25) is 4.57 Å². The summed E-state index contributed by atoms with van der Waals surface area (Å²) in [5.74, 6) is 0.670. The first kappa shape index (κ1) is 31.5. The van der Waals surface area contributed by atoms with E-state index in [9.17, 15) is 0 Å².